The van der Waals surface area contributed by atoms with Crippen LogP contribution in [0, 0.1) is 41.4 Å². The molecular formula is C66H115N11O14. The van der Waals surface area contributed by atoms with Crippen molar-refractivity contribution in [1.29, 1.82) is 0 Å². The Hall–Kier alpha value is -6.92. The van der Waals surface area contributed by atoms with Crippen LogP contribution in [0.5, 0.6) is 0 Å². The lowest BCUT2D eigenvalue weighted by Crippen LogP contribution is -2.64. The molecule has 0 aromatic heterocycles. The molecule has 11 amide bonds. The lowest BCUT2D eigenvalue weighted by Gasteiger charge is -2.41. The molecule has 1 heterocycles. The van der Waals surface area contributed by atoms with Crippen molar-refractivity contribution < 1.29 is 67.7 Å². The Kier molecular flexibility index (Phi) is 33.9. The predicted molar refractivity (Wildman–Crippen MR) is 349 cm³/mol. The Balaban J connectivity index is 4.54. The van der Waals surface area contributed by atoms with Crippen molar-refractivity contribution in [3.63, 3.8) is 0 Å². The highest BCUT2D eigenvalue weighted by atomic mass is 16.4. The number of hydrogen-bond acceptors (Lipinski definition) is 13. The number of nitrogens with one attached hydrogen (secondary N) is 4. The van der Waals surface area contributed by atoms with Crippen molar-refractivity contribution in [2.45, 2.75) is 235 Å². The first kappa shape index (κ1) is 82.1. The summed E-state index contributed by atoms with van der Waals surface area (Å²) in [6, 6.07) is -14.6. The van der Waals surface area contributed by atoms with Crippen LogP contribution in [0.4, 0.5) is 0 Å². The maximum atomic E-state index is 15.3. The van der Waals surface area contributed by atoms with Gasteiger partial charge in [0.1, 0.15) is 66.5 Å². The third-order valence-corrected chi connectivity index (χ3v) is 17.0. The molecule has 1 fully saturated rings. The number of carboxylic acids is 1. The minimum absolute atomic E-state index is 0.0427. The van der Waals surface area contributed by atoms with Crippen molar-refractivity contribution in [3.05, 3.63) is 24.3 Å². The second kappa shape index (κ2) is 37.6. The molecule has 0 aromatic rings. The fraction of sp³-hybridized carbons (Fsp3) is 0.758. The molecule has 6 N–H and O–H groups in total. The summed E-state index contributed by atoms with van der Waals surface area (Å²) in [6.07, 6.45) is 4.13. The molecule has 25 nitrogen and oxygen atoms in total. The van der Waals surface area contributed by atoms with E-state index in [-0.39, 0.29) is 68.6 Å². The van der Waals surface area contributed by atoms with Crippen LogP contribution in [0.3, 0.4) is 0 Å². The number of rotatable bonds is 18. The number of hydrogen-bond donors (Lipinski definition) is 6. The van der Waals surface area contributed by atoms with E-state index in [0.29, 0.717) is 0 Å². The van der Waals surface area contributed by atoms with Crippen LogP contribution in [-0.2, 0) is 57.5 Å². The molecule has 91 heavy (non-hydrogen) atoms. The summed E-state index contributed by atoms with van der Waals surface area (Å²) in [5, 5.41) is 32.8. The van der Waals surface area contributed by atoms with Gasteiger partial charge in [0.2, 0.25) is 65.0 Å². The Labute approximate surface area is 542 Å². The molecule has 1 aliphatic heterocycles. The van der Waals surface area contributed by atoms with Crippen LogP contribution < -0.4 is 21.3 Å². The van der Waals surface area contributed by atoms with Gasteiger partial charge in [-0.1, -0.05) is 115 Å². The molecule has 2 unspecified atom stereocenters. The fourth-order valence-electron chi connectivity index (χ4n) is 11.4. The number of aliphatic carboxylic acids is 1. The summed E-state index contributed by atoms with van der Waals surface area (Å²) in [4.78, 5) is 183. The van der Waals surface area contributed by atoms with Gasteiger partial charge < -0.3 is 65.8 Å². The van der Waals surface area contributed by atoms with Gasteiger partial charge in [-0.25, -0.2) is 4.79 Å². The highest BCUT2D eigenvalue weighted by Crippen LogP contribution is 2.26. The van der Waals surface area contributed by atoms with Crippen molar-refractivity contribution in [2.75, 3.05) is 49.3 Å². The lowest BCUT2D eigenvalue weighted by atomic mass is 9.91. The number of aliphatic hydroxyl groups is 1. The van der Waals surface area contributed by atoms with Gasteiger partial charge in [-0.2, -0.15) is 0 Å². The molecule has 0 spiro atoms. The highest BCUT2D eigenvalue weighted by Gasteiger charge is 2.46. The van der Waals surface area contributed by atoms with Crippen LogP contribution in [0.1, 0.15) is 163 Å². The summed E-state index contributed by atoms with van der Waals surface area (Å²) in [6.45, 7) is 29.4. The number of nitrogens with zero attached hydrogens (tertiary/aromatic N) is 7. The van der Waals surface area contributed by atoms with E-state index >= 15 is 24.0 Å². The van der Waals surface area contributed by atoms with Crippen molar-refractivity contribution in [2.24, 2.45) is 41.4 Å². The van der Waals surface area contributed by atoms with Crippen LogP contribution in [0.25, 0.3) is 0 Å². The Bertz CT molecular complexity index is 2570. The quantitative estimate of drug-likeness (QED) is 0.0843. The molecule has 1 saturated heterocycles. The van der Waals surface area contributed by atoms with Crippen LogP contribution >= 0.6 is 0 Å². The minimum Gasteiger partial charge on any atom is -0.478 e. The van der Waals surface area contributed by atoms with Crippen molar-refractivity contribution >= 4 is 70.9 Å². The van der Waals surface area contributed by atoms with E-state index in [1.165, 1.54) is 88.9 Å². The summed E-state index contributed by atoms with van der Waals surface area (Å²) in [7, 11) is 9.63. The summed E-state index contributed by atoms with van der Waals surface area (Å²) < 4.78 is 0. The van der Waals surface area contributed by atoms with E-state index in [0.717, 1.165) is 20.8 Å². The first-order valence-electron chi connectivity index (χ1n) is 32.3. The number of carboxylic acid groups (broad SMARTS) is 1. The van der Waals surface area contributed by atoms with Crippen molar-refractivity contribution in [3.8, 4) is 0 Å². The van der Waals surface area contributed by atoms with E-state index in [4.69, 9.17) is 0 Å². The molecule has 1 aliphatic rings. The Morgan fingerprint density at radius 2 is 0.846 bits per heavy atom. The molecule has 13 atom stereocenters. The van der Waals surface area contributed by atoms with Gasteiger partial charge in [-0.3, -0.25) is 52.7 Å². The van der Waals surface area contributed by atoms with E-state index in [1.807, 2.05) is 55.4 Å². The minimum atomic E-state index is -1.70. The van der Waals surface area contributed by atoms with Crippen LogP contribution in [0.15, 0.2) is 24.3 Å². The topological polar surface area (TPSA) is 316 Å². The van der Waals surface area contributed by atoms with Crippen LogP contribution in [0.2, 0.25) is 0 Å². The molecule has 0 aromatic carbocycles. The van der Waals surface area contributed by atoms with E-state index < -0.39 is 161 Å². The number of carbonyl (C=O) groups is 12. The van der Waals surface area contributed by atoms with Crippen molar-refractivity contribution in [1.82, 2.24) is 55.6 Å². The number of carbonyl (C=O) groups excluding carboxylic acids is 11. The number of aliphatic hydroxyl groups excluding tert-OH is 1. The predicted octanol–water partition coefficient (Wildman–Crippen LogP) is 3.67. The average Bonchev–Trinajstić information content (AvgIpc) is 0.906. The Morgan fingerprint density at radius 1 is 0.451 bits per heavy atom. The molecule has 518 valence electrons. The summed E-state index contributed by atoms with van der Waals surface area (Å²) in [5.41, 5.74) is 0. The summed E-state index contributed by atoms with van der Waals surface area (Å²) >= 11 is 0. The van der Waals surface area contributed by atoms with Gasteiger partial charge in [-0.15, -0.1) is 0 Å². The van der Waals surface area contributed by atoms with E-state index in [9.17, 15) is 43.8 Å². The van der Waals surface area contributed by atoms with Gasteiger partial charge in [0.25, 0.3) is 0 Å². The largest absolute Gasteiger partial charge is 0.478 e. The first-order chi connectivity index (χ1) is 42.0. The zero-order valence-electron chi connectivity index (χ0n) is 59.2. The molecule has 0 radical (unpaired) electrons. The lowest BCUT2D eigenvalue weighted by molar-refractivity contribution is -0.157. The average molecular weight is 1290 g/mol. The third kappa shape index (κ3) is 23.3. The van der Waals surface area contributed by atoms with Gasteiger partial charge in [0.15, 0.2) is 0 Å². The molecule has 1 rings (SSSR count). The maximum absolute atomic E-state index is 15.3. The molecule has 0 aliphatic carbocycles. The molecular weight excluding hydrogens is 1170 g/mol. The molecule has 25 heteroatoms. The smallest absolute Gasteiger partial charge is 0.327 e. The third-order valence-electron chi connectivity index (χ3n) is 17.0. The first-order valence-corrected chi connectivity index (χ1v) is 32.3. The Morgan fingerprint density at radius 3 is 1.29 bits per heavy atom. The zero-order chi connectivity index (χ0) is 70.5. The number of likely N-dealkylation sites (N-methyl/N-ethyl adjacent to an activating group) is 7. The van der Waals surface area contributed by atoms with Gasteiger partial charge in [0, 0.05) is 55.4 Å². The van der Waals surface area contributed by atoms with Gasteiger partial charge in [0.05, 0.1) is 6.10 Å². The second-order valence-electron chi connectivity index (χ2n) is 27.3. The molecule has 0 saturated carbocycles. The summed E-state index contributed by atoms with van der Waals surface area (Å²) in [5.74, 6) is -12.2. The highest BCUT2D eigenvalue weighted by molar-refractivity contribution is 6.00. The monoisotopic (exact) mass is 1290 g/mol. The zero-order valence-corrected chi connectivity index (χ0v) is 59.2. The van der Waals surface area contributed by atoms with Gasteiger partial charge in [-0.05, 0) is 107 Å². The van der Waals surface area contributed by atoms with Crippen LogP contribution in [-0.4, -0.2) is 237 Å². The van der Waals surface area contributed by atoms with E-state index in [1.54, 1.807) is 60.6 Å². The standard InChI is InChI=1S/C66H115N11O14/c1-25-27-29-42(15)55(80)54-59(84)69-45(26-2)61(86)71(18)46(30-28-31-51(78)79)62(87)72(19)48(33-37(5)6)58(83)70-52(40(11)12)65(90)73(20)47(32-36(3)4)57(82)67-43(16)56(81)68-44(17)60(85)74(21)49(34-38(7)8)63(88)75(22)50(35-39(9)10)64(89)76(23)53(41(13)14)66(91)77(54)24/h25,27-28,31,36-50,52-55,80H,26,29-30,32-35H2,1-24H3,(H,67,82)(H,68,81)(H,69,84)(H,70,83)(H,78,79)/b27-25+,31-28+/t42-,43+,44-,45+,46?,47+,48+,49+,50+,52?,53+,54+,55-/m1/s1. The second-order valence-corrected chi connectivity index (χ2v) is 27.3. The number of allylic oxidation sites excluding steroid dienone is 2. The van der Waals surface area contributed by atoms with E-state index in [2.05, 4.69) is 21.3 Å². The van der Waals surface area contributed by atoms with Gasteiger partial charge >= 0.3 is 5.97 Å². The number of amides is 11. The maximum Gasteiger partial charge on any atom is 0.327 e. The SMILES string of the molecule is C/C=C/C[C@@H](C)[C@@H](O)[C@H]1C(=O)N[C@@H](CC)C(=O)N(C)C(C/C=C/C(=O)O)C(=O)N(C)[C@@H](CC(C)C)C(=O)NC(C(C)C)C(=O)N(C)[C@@H](CC(C)C)C(=O)N[C@@H](C)C(=O)N[C@H](C)C(=O)N(C)[C@@H](CC(C)C)C(=O)N(C)[C@@H](CC(C)C)C(=O)N(C)[C@@H](C(C)C)C(=O)N1C. The fourth-order valence-corrected chi connectivity index (χ4v) is 11.4. The normalized spacial score (nSPS) is 26.8. The molecule has 0 bridgehead atoms.